The topological polar surface area (TPSA) is 67.7 Å². The number of hydrogen-bond acceptors (Lipinski definition) is 5. The molecule has 2 rings (SSSR count). The Morgan fingerprint density at radius 1 is 1.29 bits per heavy atom. The second-order valence-corrected chi connectivity index (χ2v) is 3.63. The standard InChI is InChI=1S/C11H16N6/c1-4-17-6-5-9(16-17)15-11-8(2)10(12-3)13-7-14-11/h5-7H,4H2,1-3H3,(H2,12,13,14,15,16). The number of rotatable bonds is 4. The summed E-state index contributed by atoms with van der Waals surface area (Å²) in [5, 5.41) is 10.5. The molecule has 0 amide bonds. The third-order valence-corrected chi connectivity index (χ3v) is 2.53. The zero-order valence-corrected chi connectivity index (χ0v) is 10.2. The van der Waals surface area contributed by atoms with Crippen LogP contribution < -0.4 is 10.6 Å². The van der Waals surface area contributed by atoms with E-state index in [1.807, 2.05) is 37.8 Å². The molecule has 90 valence electrons. The molecule has 0 aliphatic heterocycles. The van der Waals surface area contributed by atoms with Gasteiger partial charge in [-0.1, -0.05) is 0 Å². The van der Waals surface area contributed by atoms with Gasteiger partial charge in [-0.25, -0.2) is 9.97 Å². The van der Waals surface area contributed by atoms with Crippen molar-refractivity contribution >= 4 is 17.5 Å². The molecule has 0 aliphatic rings. The smallest absolute Gasteiger partial charge is 0.153 e. The van der Waals surface area contributed by atoms with Gasteiger partial charge in [-0.15, -0.1) is 0 Å². The maximum absolute atomic E-state index is 4.35. The molecule has 2 heterocycles. The van der Waals surface area contributed by atoms with Gasteiger partial charge in [-0.05, 0) is 13.8 Å². The van der Waals surface area contributed by atoms with Crippen molar-refractivity contribution in [3.05, 3.63) is 24.2 Å². The van der Waals surface area contributed by atoms with Crippen molar-refractivity contribution in [2.45, 2.75) is 20.4 Å². The van der Waals surface area contributed by atoms with Crippen molar-refractivity contribution in [3.8, 4) is 0 Å². The SMILES string of the molecule is CCn1ccc(Nc2ncnc(NC)c2C)n1. The minimum Gasteiger partial charge on any atom is -0.373 e. The predicted molar refractivity (Wildman–Crippen MR) is 67.5 cm³/mol. The van der Waals surface area contributed by atoms with E-state index in [0.29, 0.717) is 0 Å². The molecule has 0 fully saturated rings. The molecule has 0 bridgehead atoms. The molecule has 0 atom stereocenters. The van der Waals surface area contributed by atoms with Gasteiger partial charge in [0.1, 0.15) is 18.0 Å². The average molecular weight is 232 g/mol. The molecule has 0 spiro atoms. The molecule has 0 unspecified atom stereocenters. The Labute approximate surface area is 100 Å². The van der Waals surface area contributed by atoms with Crippen molar-refractivity contribution in [1.82, 2.24) is 19.7 Å². The fraction of sp³-hybridized carbons (Fsp3) is 0.364. The van der Waals surface area contributed by atoms with E-state index in [0.717, 1.165) is 29.6 Å². The number of nitrogens with zero attached hydrogens (tertiary/aromatic N) is 4. The van der Waals surface area contributed by atoms with Gasteiger partial charge in [0.2, 0.25) is 0 Å². The molecule has 0 radical (unpaired) electrons. The highest BCUT2D eigenvalue weighted by Crippen LogP contribution is 2.20. The van der Waals surface area contributed by atoms with E-state index in [4.69, 9.17) is 0 Å². The highest BCUT2D eigenvalue weighted by Gasteiger charge is 2.06. The van der Waals surface area contributed by atoms with Gasteiger partial charge < -0.3 is 10.6 Å². The van der Waals surface area contributed by atoms with Crippen molar-refractivity contribution in [2.24, 2.45) is 0 Å². The monoisotopic (exact) mass is 232 g/mol. The molecular formula is C11H16N6. The minimum atomic E-state index is 0.769. The van der Waals surface area contributed by atoms with Crippen LogP contribution in [0.4, 0.5) is 17.5 Å². The lowest BCUT2D eigenvalue weighted by Crippen LogP contribution is -2.03. The highest BCUT2D eigenvalue weighted by molar-refractivity contribution is 5.61. The highest BCUT2D eigenvalue weighted by atomic mass is 15.3. The van der Waals surface area contributed by atoms with E-state index in [1.165, 1.54) is 6.33 Å². The van der Waals surface area contributed by atoms with Crippen LogP contribution in [0.25, 0.3) is 0 Å². The lowest BCUT2D eigenvalue weighted by molar-refractivity contribution is 0.662. The quantitative estimate of drug-likeness (QED) is 0.841. The molecular weight excluding hydrogens is 216 g/mol. The van der Waals surface area contributed by atoms with Gasteiger partial charge >= 0.3 is 0 Å². The zero-order chi connectivity index (χ0) is 12.3. The Hall–Kier alpha value is -2.11. The Bertz CT molecular complexity index is 504. The van der Waals surface area contributed by atoms with Crippen molar-refractivity contribution in [3.63, 3.8) is 0 Å². The van der Waals surface area contributed by atoms with Crippen LogP contribution in [0.3, 0.4) is 0 Å². The summed E-state index contributed by atoms with van der Waals surface area (Å²) >= 11 is 0. The minimum absolute atomic E-state index is 0.769. The predicted octanol–water partition coefficient (Wildman–Crippen LogP) is 1.79. The first-order valence-corrected chi connectivity index (χ1v) is 5.54. The van der Waals surface area contributed by atoms with Crippen molar-refractivity contribution < 1.29 is 0 Å². The van der Waals surface area contributed by atoms with E-state index >= 15 is 0 Å². The number of anilines is 3. The first kappa shape index (κ1) is 11.4. The molecule has 0 saturated heterocycles. The van der Waals surface area contributed by atoms with Gasteiger partial charge in [-0.2, -0.15) is 5.10 Å². The number of aryl methyl sites for hydroxylation is 1. The van der Waals surface area contributed by atoms with Crippen LogP contribution >= 0.6 is 0 Å². The fourth-order valence-corrected chi connectivity index (χ4v) is 1.55. The molecule has 6 heteroatoms. The summed E-state index contributed by atoms with van der Waals surface area (Å²) in [6.07, 6.45) is 3.45. The van der Waals surface area contributed by atoms with Gasteiger partial charge in [0.05, 0.1) is 0 Å². The van der Waals surface area contributed by atoms with Crippen LogP contribution in [0, 0.1) is 6.92 Å². The van der Waals surface area contributed by atoms with E-state index in [9.17, 15) is 0 Å². The van der Waals surface area contributed by atoms with Crippen molar-refractivity contribution in [1.29, 1.82) is 0 Å². The number of hydrogen-bond donors (Lipinski definition) is 2. The van der Waals surface area contributed by atoms with Crippen LogP contribution in [0.2, 0.25) is 0 Å². The normalized spacial score (nSPS) is 10.3. The summed E-state index contributed by atoms with van der Waals surface area (Å²) in [5.41, 5.74) is 0.973. The molecule has 2 aromatic rings. The third-order valence-electron chi connectivity index (χ3n) is 2.53. The summed E-state index contributed by atoms with van der Waals surface area (Å²) in [7, 11) is 1.84. The van der Waals surface area contributed by atoms with Gasteiger partial charge in [-0.3, -0.25) is 4.68 Å². The lowest BCUT2D eigenvalue weighted by atomic mass is 10.3. The summed E-state index contributed by atoms with van der Waals surface area (Å²) in [5.74, 6) is 2.37. The van der Waals surface area contributed by atoms with Gasteiger partial charge in [0.15, 0.2) is 5.82 Å². The van der Waals surface area contributed by atoms with E-state index in [2.05, 4.69) is 25.7 Å². The fourth-order valence-electron chi connectivity index (χ4n) is 1.55. The summed E-state index contributed by atoms with van der Waals surface area (Å²) in [6.45, 7) is 4.86. The maximum Gasteiger partial charge on any atom is 0.153 e. The lowest BCUT2D eigenvalue weighted by Gasteiger charge is -2.08. The van der Waals surface area contributed by atoms with E-state index in [-0.39, 0.29) is 0 Å². The third kappa shape index (κ3) is 2.35. The number of nitrogens with one attached hydrogen (secondary N) is 2. The van der Waals surface area contributed by atoms with Crippen LogP contribution in [-0.2, 0) is 6.54 Å². The van der Waals surface area contributed by atoms with Crippen LogP contribution in [-0.4, -0.2) is 26.8 Å². The van der Waals surface area contributed by atoms with Crippen LogP contribution in [0.5, 0.6) is 0 Å². The molecule has 0 aromatic carbocycles. The molecule has 6 nitrogen and oxygen atoms in total. The second-order valence-electron chi connectivity index (χ2n) is 3.63. The van der Waals surface area contributed by atoms with Crippen LogP contribution in [0.15, 0.2) is 18.6 Å². The Balaban J connectivity index is 2.23. The Morgan fingerprint density at radius 2 is 2.06 bits per heavy atom. The first-order chi connectivity index (χ1) is 8.24. The molecule has 2 N–H and O–H groups in total. The molecule has 0 saturated carbocycles. The Morgan fingerprint density at radius 3 is 2.71 bits per heavy atom. The van der Waals surface area contributed by atoms with Crippen LogP contribution in [0.1, 0.15) is 12.5 Å². The average Bonchev–Trinajstić information content (AvgIpc) is 2.79. The van der Waals surface area contributed by atoms with Gasteiger partial charge in [0.25, 0.3) is 0 Å². The van der Waals surface area contributed by atoms with Gasteiger partial charge in [0, 0.05) is 31.4 Å². The molecule has 17 heavy (non-hydrogen) atoms. The summed E-state index contributed by atoms with van der Waals surface area (Å²) in [4.78, 5) is 8.34. The van der Waals surface area contributed by atoms with Crippen molar-refractivity contribution in [2.75, 3.05) is 17.7 Å². The summed E-state index contributed by atoms with van der Waals surface area (Å²) < 4.78 is 1.86. The maximum atomic E-state index is 4.35. The molecule has 0 aliphatic carbocycles. The second kappa shape index (κ2) is 4.82. The zero-order valence-electron chi connectivity index (χ0n) is 10.2. The van der Waals surface area contributed by atoms with E-state index < -0.39 is 0 Å². The Kier molecular flexibility index (Phi) is 3.22. The summed E-state index contributed by atoms with van der Waals surface area (Å²) in [6, 6.07) is 1.92. The molecule has 2 aromatic heterocycles. The first-order valence-electron chi connectivity index (χ1n) is 5.54. The number of aromatic nitrogens is 4. The largest absolute Gasteiger partial charge is 0.373 e. The van der Waals surface area contributed by atoms with E-state index in [1.54, 1.807) is 0 Å².